The van der Waals surface area contributed by atoms with Crippen molar-refractivity contribution in [2.75, 3.05) is 4.90 Å². The third kappa shape index (κ3) is 5.19. The van der Waals surface area contributed by atoms with Crippen molar-refractivity contribution < 1.29 is 14.0 Å². The molecule has 9 nitrogen and oxygen atoms in total. The van der Waals surface area contributed by atoms with Gasteiger partial charge in [0.05, 0.1) is 4.88 Å². The highest BCUT2D eigenvalue weighted by Crippen LogP contribution is 2.32. The Hall–Kier alpha value is -3.50. The Labute approximate surface area is 217 Å². The molecule has 0 unspecified atom stereocenters. The topological polar surface area (TPSA) is 106 Å². The second-order valence-corrected chi connectivity index (χ2v) is 10.1. The molecular formula is C25H25ClN6O3S. The quantitative estimate of drug-likeness (QED) is 0.355. The predicted molar refractivity (Wildman–Crippen MR) is 137 cm³/mol. The number of rotatable bonds is 8. The minimum Gasteiger partial charge on any atom is -0.464 e. The van der Waals surface area contributed by atoms with Gasteiger partial charge in [-0.1, -0.05) is 30.5 Å². The Morgan fingerprint density at radius 3 is 2.64 bits per heavy atom. The lowest BCUT2D eigenvalue weighted by atomic mass is 10.1. The zero-order valence-corrected chi connectivity index (χ0v) is 21.2. The molecule has 5 rings (SSSR count). The van der Waals surface area contributed by atoms with E-state index >= 15 is 0 Å². The lowest BCUT2D eigenvalue weighted by Crippen LogP contribution is -2.47. The molecule has 1 aliphatic rings. The van der Waals surface area contributed by atoms with Crippen LogP contribution in [0.25, 0.3) is 10.7 Å². The first kappa shape index (κ1) is 24.2. The summed E-state index contributed by atoms with van der Waals surface area (Å²) in [6.07, 6.45) is 3.97. The molecule has 1 aliphatic carbocycles. The number of thiophene rings is 1. The Morgan fingerprint density at radius 1 is 1.19 bits per heavy atom. The number of hydrogen-bond acceptors (Lipinski definition) is 7. The highest BCUT2D eigenvalue weighted by molar-refractivity contribution is 7.13. The molecule has 0 bridgehead atoms. The number of furan rings is 1. The summed E-state index contributed by atoms with van der Waals surface area (Å²) in [5.41, 5.74) is 0.510. The molecule has 1 aromatic carbocycles. The summed E-state index contributed by atoms with van der Waals surface area (Å²) in [7, 11) is 0. The number of amides is 2. The number of nitrogens with zero attached hydrogens (tertiary/aromatic N) is 5. The van der Waals surface area contributed by atoms with Gasteiger partial charge in [0, 0.05) is 16.8 Å². The molecule has 36 heavy (non-hydrogen) atoms. The van der Waals surface area contributed by atoms with E-state index in [1.54, 1.807) is 43.3 Å². The van der Waals surface area contributed by atoms with Gasteiger partial charge in [-0.15, -0.1) is 16.4 Å². The van der Waals surface area contributed by atoms with Gasteiger partial charge in [-0.2, -0.15) is 0 Å². The molecule has 11 heteroatoms. The molecule has 1 fully saturated rings. The number of hydrogen-bond donors (Lipinski definition) is 1. The Balaban J connectivity index is 1.53. The molecule has 1 saturated carbocycles. The van der Waals surface area contributed by atoms with Crippen LogP contribution in [0, 0.1) is 6.92 Å². The second kappa shape index (κ2) is 10.6. The summed E-state index contributed by atoms with van der Waals surface area (Å²) < 4.78 is 7.34. The predicted octanol–water partition coefficient (Wildman–Crippen LogP) is 4.79. The van der Waals surface area contributed by atoms with Crippen LogP contribution in [0.5, 0.6) is 0 Å². The van der Waals surface area contributed by atoms with Gasteiger partial charge in [0.1, 0.15) is 18.1 Å². The van der Waals surface area contributed by atoms with E-state index in [0.29, 0.717) is 28.1 Å². The van der Waals surface area contributed by atoms with Crippen LogP contribution in [0.1, 0.15) is 43.2 Å². The number of aryl methyl sites for hydroxylation is 1. The number of anilines is 1. The number of nitrogens with one attached hydrogen (secondary N) is 1. The van der Waals surface area contributed by atoms with E-state index in [9.17, 15) is 9.59 Å². The minimum absolute atomic E-state index is 0.0724. The summed E-state index contributed by atoms with van der Waals surface area (Å²) in [6, 6.07) is 13.1. The minimum atomic E-state index is -1.02. The van der Waals surface area contributed by atoms with Gasteiger partial charge < -0.3 is 9.73 Å². The molecule has 0 spiro atoms. The van der Waals surface area contributed by atoms with Gasteiger partial charge >= 0.3 is 0 Å². The standard InChI is InChI=1S/C25H25ClN6O3S/c1-16-8-13-20(35-16)23(25(34)27-18-5-2-3-6-18)32(19-11-9-17(26)10-12-19)22(33)15-31-24(28-29-30-31)21-7-4-14-36-21/h4,7-14,18,23H,2-3,5-6,15H2,1H3,(H,27,34)/t23-/m1/s1. The third-order valence-electron chi connectivity index (χ3n) is 6.17. The van der Waals surface area contributed by atoms with E-state index in [1.807, 2.05) is 17.5 Å². The van der Waals surface area contributed by atoms with Crippen LogP contribution in [0.15, 0.2) is 58.3 Å². The zero-order chi connectivity index (χ0) is 25.1. The van der Waals surface area contributed by atoms with Crippen LogP contribution >= 0.6 is 22.9 Å². The summed E-state index contributed by atoms with van der Waals surface area (Å²) in [5.74, 6) is 0.835. The average molecular weight is 525 g/mol. The van der Waals surface area contributed by atoms with Crippen molar-refractivity contribution in [1.29, 1.82) is 0 Å². The van der Waals surface area contributed by atoms with Gasteiger partial charge in [0.25, 0.3) is 5.91 Å². The van der Waals surface area contributed by atoms with Crippen LogP contribution in [0.3, 0.4) is 0 Å². The van der Waals surface area contributed by atoms with E-state index in [0.717, 1.165) is 30.6 Å². The van der Waals surface area contributed by atoms with Crippen LogP contribution in [-0.4, -0.2) is 38.1 Å². The smallest absolute Gasteiger partial charge is 0.251 e. The van der Waals surface area contributed by atoms with Crippen molar-refractivity contribution in [3.05, 3.63) is 70.5 Å². The first-order valence-corrected chi connectivity index (χ1v) is 13.0. The van der Waals surface area contributed by atoms with Gasteiger partial charge in [-0.3, -0.25) is 14.5 Å². The van der Waals surface area contributed by atoms with E-state index < -0.39 is 6.04 Å². The van der Waals surface area contributed by atoms with E-state index in [1.165, 1.54) is 20.9 Å². The van der Waals surface area contributed by atoms with Crippen molar-refractivity contribution in [2.45, 2.75) is 51.2 Å². The summed E-state index contributed by atoms with van der Waals surface area (Å²) in [6.45, 7) is 1.63. The number of tetrazole rings is 1. The molecule has 1 atom stereocenters. The Kier molecular flexibility index (Phi) is 7.15. The lowest BCUT2D eigenvalue weighted by Gasteiger charge is -2.31. The van der Waals surface area contributed by atoms with Crippen LogP contribution in [0.2, 0.25) is 5.02 Å². The lowest BCUT2D eigenvalue weighted by molar-refractivity contribution is -0.127. The summed E-state index contributed by atoms with van der Waals surface area (Å²) >= 11 is 7.61. The fourth-order valence-electron chi connectivity index (χ4n) is 4.46. The molecule has 186 valence electrons. The summed E-state index contributed by atoms with van der Waals surface area (Å²) in [5, 5.41) is 17.5. The molecule has 0 radical (unpaired) electrons. The van der Waals surface area contributed by atoms with Gasteiger partial charge in [-0.05, 0) is 78.0 Å². The fraction of sp³-hybridized carbons (Fsp3) is 0.320. The van der Waals surface area contributed by atoms with Crippen molar-refractivity contribution >= 4 is 40.4 Å². The van der Waals surface area contributed by atoms with E-state index in [2.05, 4.69) is 20.8 Å². The van der Waals surface area contributed by atoms with Gasteiger partial charge in [0.15, 0.2) is 11.9 Å². The van der Waals surface area contributed by atoms with E-state index in [-0.39, 0.29) is 24.4 Å². The molecule has 3 aromatic heterocycles. The zero-order valence-electron chi connectivity index (χ0n) is 19.6. The molecule has 0 aliphatic heterocycles. The van der Waals surface area contributed by atoms with Crippen molar-refractivity contribution in [1.82, 2.24) is 25.5 Å². The number of carbonyl (C=O) groups excluding carboxylic acids is 2. The van der Waals surface area contributed by atoms with Crippen LogP contribution in [-0.2, 0) is 16.1 Å². The molecule has 2 amide bonds. The number of halogens is 1. The molecule has 4 aromatic rings. The Morgan fingerprint density at radius 2 is 1.97 bits per heavy atom. The monoisotopic (exact) mass is 524 g/mol. The molecular weight excluding hydrogens is 500 g/mol. The number of benzene rings is 1. The van der Waals surface area contributed by atoms with Crippen LogP contribution in [0.4, 0.5) is 5.69 Å². The molecule has 0 saturated heterocycles. The third-order valence-corrected chi connectivity index (χ3v) is 7.29. The summed E-state index contributed by atoms with van der Waals surface area (Å²) in [4.78, 5) is 29.9. The number of aromatic nitrogens is 4. The molecule has 3 heterocycles. The SMILES string of the molecule is Cc1ccc([C@H](C(=O)NC2CCCC2)N(C(=O)Cn2nnnc2-c2cccs2)c2ccc(Cl)cc2)o1. The highest BCUT2D eigenvalue weighted by atomic mass is 35.5. The maximum atomic E-state index is 13.9. The Bertz CT molecular complexity index is 1330. The van der Waals surface area contributed by atoms with Crippen molar-refractivity contribution in [3.63, 3.8) is 0 Å². The van der Waals surface area contributed by atoms with Gasteiger partial charge in [0.2, 0.25) is 5.91 Å². The maximum Gasteiger partial charge on any atom is 0.251 e. The van der Waals surface area contributed by atoms with Crippen LogP contribution < -0.4 is 10.2 Å². The first-order valence-electron chi connectivity index (χ1n) is 11.7. The highest BCUT2D eigenvalue weighted by Gasteiger charge is 2.37. The largest absolute Gasteiger partial charge is 0.464 e. The van der Waals surface area contributed by atoms with Gasteiger partial charge in [-0.25, -0.2) is 4.68 Å². The maximum absolute atomic E-state index is 13.9. The fourth-order valence-corrected chi connectivity index (χ4v) is 5.30. The molecule has 1 N–H and O–H groups in total. The number of carbonyl (C=O) groups is 2. The normalized spacial score (nSPS) is 14.6. The van der Waals surface area contributed by atoms with Crippen molar-refractivity contribution in [3.8, 4) is 10.7 Å². The average Bonchev–Trinajstić information content (AvgIpc) is 3.66. The first-order chi connectivity index (χ1) is 17.5. The van der Waals surface area contributed by atoms with Crippen molar-refractivity contribution in [2.24, 2.45) is 0 Å². The van der Waals surface area contributed by atoms with E-state index in [4.69, 9.17) is 16.0 Å². The second-order valence-electron chi connectivity index (χ2n) is 8.72.